The van der Waals surface area contributed by atoms with E-state index in [9.17, 15) is 14.7 Å². The van der Waals surface area contributed by atoms with E-state index in [1.54, 1.807) is 0 Å². The van der Waals surface area contributed by atoms with Crippen LogP contribution in [-0.2, 0) is 6.42 Å². The van der Waals surface area contributed by atoms with Crippen LogP contribution in [0.4, 0.5) is 0 Å². The summed E-state index contributed by atoms with van der Waals surface area (Å²) in [4.78, 5) is 28.8. The Bertz CT molecular complexity index is 850. The van der Waals surface area contributed by atoms with Crippen molar-refractivity contribution in [3.05, 3.63) is 38.1 Å². The molecule has 0 amide bonds. The van der Waals surface area contributed by atoms with Gasteiger partial charge in [-0.05, 0) is 49.5 Å². The minimum atomic E-state index is -0.535. The Morgan fingerprint density at radius 1 is 1.24 bits per heavy atom. The second-order valence-electron chi connectivity index (χ2n) is 8.70. The summed E-state index contributed by atoms with van der Waals surface area (Å²) in [7, 11) is 0. The van der Waals surface area contributed by atoms with Crippen molar-refractivity contribution in [2.75, 3.05) is 0 Å². The average Bonchev–Trinajstić information content (AvgIpc) is 2.90. The number of ether oxygens (including phenoxy) is 1. The van der Waals surface area contributed by atoms with Gasteiger partial charge in [-0.3, -0.25) is 14.8 Å². The number of rotatable bonds is 0. The van der Waals surface area contributed by atoms with Crippen LogP contribution < -0.4 is 16.0 Å². The van der Waals surface area contributed by atoms with Gasteiger partial charge in [0.1, 0.15) is 5.60 Å². The lowest BCUT2D eigenvalue weighted by atomic mass is 9.49. The summed E-state index contributed by atoms with van der Waals surface area (Å²) in [6, 6.07) is 0. The summed E-state index contributed by atoms with van der Waals surface area (Å²) in [5, 5.41) is 10.4. The van der Waals surface area contributed by atoms with Crippen molar-refractivity contribution in [1.29, 1.82) is 0 Å². The summed E-state index contributed by atoms with van der Waals surface area (Å²) < 4.78 is 6.29. The van der Waals surface area contributed by atoms with E-state index in [-0.39, 0.29) is 11.0 Å². The number of allylic oxidation sites excluding steroid dienone is 1. The first-order valence-electron chi connectivity index (χ1n) is 9.11. The zero-order valence-corrected chi connectivity index (χ0v) is 15.0. The highest BCUT2D eigenvalue weighted by Crippen LogP contribution is 2.60. The molecule has 1 unspecified atom stereocenters. The minimum Gasteiger partial charge on any atom is -0.471 e. The van der Waals surface area contributed by atoms with Crippen LogP contribution in [0.3, 0.4) is 0 Å². The van der Waals surface area contributed by atoms with Gasteiger partial charge in [0.15, 0.2) is 0 Å². The van der Waals surface area contributed by atoms with Gasteiger partial charge in [-0.2, -0.15) is 0 Å². The Morgan fingerprint density at radius 2 is 2.00 bits per heavy atom. The first-order chi connectivity index (χ1) is 11.7. The van der Waals surface area contributed by atoms with Crippen molar-refractivity contribution in [1.82, 2.24) is 9.97 Å². The molecule has 0 radical (unpaired) electrons. The Hall–Kier alpha value is -1.82. The van der Waals surface area contributed by atoms with E-state index in [1.807, 2.05) is 6.92 Å². The van der Waals surface area contributed by atoms with Gasteiger partial charge < -0.3 is 9.84 Å². The fraction of sp³-hybridized carbons (Fsp3) is 0.684. The van der Waals surface area contributed by atoms with Crippen LogP contribution in [-0.4, -0.2) is 26.8 Å². The lowest BCUT2D eigenvalue weighted by molar-refractivity contribution is -0.128. The van der Waals surface area contributed by atoms with Gasteiger partial charge >= 0.3 is 5.69 Å². The van der Waals surface area contributed by atoms with Crippen molar-refractivity contribution in [2.24, 2.45) is 17.3 Å². The molecule has 2 aliphatic carbocycles. The zero-order valence-electron chi connectivity index (χ0n) is 15.0. The highest BCUT2D eigenvalue weighted by Gasteiger charge is 2.59. The predicted molar refractivity (Wildman–Crippen MR) is 93.7 cm³/mol. The van der Waals surface area contributed by atoms with E-state index >= 15 is 0 Å². The zero-order chi connectivity index (χ0) is 18.0. The number of hydrogen-bond donors (Lipinski definition) is 3. The summed E-state index contributed by atoms with van der Waals surface area (Å²) in [6.07, 6.45) is 5.39. The van der Waals surface area contributed by atoms with Crippen LogP contribution >= 0.6 is 0 Å². The first kappa shape index (κ1) is 16.6. The van der Waals surface area contributed by atoms with Crippen LogP contribution in [0.1, 0.15) is 52.0 Å². The minimum absolute atomic E-state index is 0.210. The third kappa shape index (κ3) is 2.49. The maximum atomic E-state index is 12.2. The van der Waals surface area contributed by atoms with E-state index in [4.69, 9.17) is 4.74 Å². The normalized spacial score (nSPS) is 38.2. The Kier molecular flexibility index (Phi) is 3.55. The topological polar surface area (TPSA) is 95.2 Å². The van der Waals surface area contributed by atoms with E-state index in [1.165, 1.54) is 0 Å². The molecule has 1 aromatic rings. The van der Waals surface area contributed by atoms with Gasteiger partial charge in [-0.25, -0.2) is 4.79 Å². The van der Waals surface area contributed by atoms with Gasteiger partial charge in [-0.15, -0.1) is 0 Å². The van der Waals surface area contributed by atoms with Crippen molar-refractivity contribution in [3.8, 4) is 5.88 Å². The number of aliphatic hydroxyl groups excluding tert-OH is 1. The fourth-order valence-electron chi connectivity index (χ4n) is 5.15. The number of H-pyrrole nitrogens is 2. The Balaban J connectivity index is 1.75. The van der Waals surface area contributed by atoms with E-state index in [0.717, 1.165) is 18.4 Å². The van der Waals surface area contributed by atoms with Gasteiger partial charge in [0.2, 0.25) is 5.88 Å². The van der Waals surface area contributed by atoms with Crippen LogP contribution in [0.25, 0.3) is 0 Å². The molecule has 6 nitrogen and oxygen atoms in total. The van der Waals surface area contributed by atoms with Crippen molar-refractivity contribution in [3.63, 3.8) is 0 Å². The van der Waals surface area contributed by atoms with E-state index in [2.05, 4.69) is 29.9 Å². The quantitative estimate of drug-likeness (QED) is 0.625. The largest absolute Gasteiger partial charge is 0.471 e. The summed E-state index contributed by atoms with van der Waals surface area (Å²) >= 11 is 0. The number of hydrogen-bond acceptors (Lipinski definition) is 4. The highest BCUT2D eigenvalue weighted by molar-refractivity contribution is 5.33. The molecule has 6 heteroatoms. The molecule has 1 saturated carbocycles. The molecular weight excluding hydrogens is 320 g/mol. The third-order valence-corrected chi connectivity index (χ3v) is 6.76. The number of aromatic amines is 2. The molecule has 0 aromatic carbocycles. The number of fused-ring (bicyclic) bond motifs is 3. The Labute approximate surface area is 146 Å². The van der Waals surface area contributed by atoms with E-state index < -0.39 is 17.4 Å². The molecule has 25 heavy (non-hydrogen) atoms. The second-order valence-corrected chi connectivity index (χ2v) is 8.70. The maximum absolute atomic E-state index is 12.2. The molecule has 1 spiro atoms. The van der Waals surface area contributed by atoms with Crippen LogP contribution in [0.15, 0.2) is 21.2 Å². The molecular formula is C19H26N2O4. The third-order valence-electron chi connectivity index (χ3n) is 6.76. The smallest absolute Gasteiger partial charge is 0.328 e. The van der Waals surface area contributed by atoms with Gasteiger partial charge in [0.25, 0.3) is 5.56 Å². The van der Waals surface area contributed by atoms with Crippen LogP contribution in [0.2, 0.25) is 0 Å². The summed E-state index contributed by atoms with van der Waals surface area (Å²) in [5.41, 5.74) is 0.343. The molecule has 3 N–H and O–H groups in total. The van der Waals surface area contributed by atoms with Crippen molar-refractivity contribution < 1.29 is 9.84 Å². The van der Waals surface area contributed by atoms with Gasteiger partial charge in [0.05, 0.1) is 11.7 Å². The lowest BCUT2D eigenvalue weighted by Gasteiger charge is -2.57. The average molecular weight is 346 g/mol. The maximum Gasteiger partial charge on any atom is 0.328 e. The molecule has 1 aromatic heterocycles. The standard InChI is InChI=1S/C19H26N2O4/c1-10-4-5-12-13(9-18(12,2)3)19(7-6-14(10)22)8-11-15(23)20-17(24)21-16(11)25-19/h4,12-14,22H,5-9H2,1-3H3,(H2,20,21,23,24)/b10-4-/t12-,13+,14-,19?/m1/s1. The van der Waals surface area contributed by atoms with Gasteiger partial charge in [0, 0.05) is 12.3 Å². The SMILES string of the molecule is C/C1=C/C[C@@H]2[C@H](CC2(C)C)C2(CC[C@H]1O)Cc1c([nH]c(=O)[nH]c1=O)O2. The molecule has 4 rings (SSSR count). The molecule has 1 fully saturated rings. The number of aliphatic hydroxyl groups is 1. The number of nitrogens with one attached hydrogen (secondary N) is 2. The van der Waals surface area contributed by atoms with Gasteiger partial charge in [-0.1, -0.05) is 19.9 Å². The molecule has 136 valence electrons. The predicted octanol–water partition coefficient (Wildman–Crippen LogP) is 1.89. The second kappa shape index (κ2) is 5.34. The highest BCUT2D eigenvalue weighted by atomic mass is 16.5. The fourth-order valence-corrected chi connectivity index (χ4v) is 5.15. The molecule has 0 saturated heterocycles. The van der Waals surface area contributed by atoms with Crippen LogP contribution in [0.5, 0.6) is 5.88 Å². The van der Waals surface area contributed by atoms with Crippen molar-refractivity contribution in [2.45, 2.75) is 64.6 Å². The van der Waals surface area contributed by atoms with Crippen molar-refractivity contribution >= 4 is 0 Å². The molecule has 3 aliphatic rings. The summed E-state index contributed by atoms with van der Waals surface area (Å²) in [6.45, 7) is 6.53. The number of aromatic nitrogens is 2. The molecule has 1 aliphatic heterocycles. The lowest BCUT2D eigenvalue weighted by Crippen LogP contribution is -2.58. The van der Waals surface area contributed by atoms with E-state index in [0.29, 0.717) is 42.5 Å². The molecule has 0 bridgehead atoms. The molecule has 2 heterocycles. The molecule has 4 atom stereocenters. The summed E-state index contributed by atoms with van der Waals surface area (Å²) in [5.74, 6) is 1.07. The Morgan fingerprint density at radius 3 is 2.72 bits per heavy atom. The van der Waals surface area contributed by atoms with Crippen LogP contribution in [0, 0.1) is 17.3 Å². The monoisotopic (exact) mass is 346 g/mol. The first-order valence-corrected chi connectivity index (χ1v) is 9.11.